The van der Waals surface area contributed by atoms with Crippen LogP contribution in [0.5, 0.6) is 0 Å². The molecule has 0 bridgehead atoms. The van der Waals surface area contributed by atoms with Crippen LogP contribution in [0.2, 0.25) is 5.02 Å². The highest BCUT2D eigenvalue weighted by molar-refractivity contribution is 8.03. The van der Waals surface area contributed by atoms with Crippen LogP contribution in [-0.2, 0) is 0 Å². The number of nitrogens with zero attached hydrogens (tertiary/aromatic N) is 3. The van der Waals surface area contributed by atoms with E-state index in [1.807, 2.05) is 6.07 Å². The van der Waals surface area contributed by atoms with Gasteiger partial charge in [-0.3, -0.25) is 9.80 Å². The van der Waals surface area contributed by atoms with Gasteiger partial charge in [-0.05, 0) is 37.6 Å². The number of piperazine rings is 1. The fourth-order valence-electron chi connectivity index (χ4n) is 4.45. The molecule has 3 nitrogen and oxygen atoms in total. The number of likely N-dealkylation sites (tertiary alicyclic amines) is 1. The van der Waals surface area contributed by atoms with Crippen molar-refractivity contribution in [3.63, 3.8) is 0 Å². The van der Waals surface area contributed by atoms with Crippen LogP contribution in [0.25, 0.3) is 0 Å². The molecule has 26 heavy (non-hydrogen) atoms. The van der Waals surface area contributed by atoms with Crippen molar-refractivity contribution in [3.05, 3.63) is 29.3 Å². The summed E-state index contributed by atoms with van der Waals surface area (Å²) < 4.78 is 0. The number of hydrogen-bond acceptors (Lipinski definition) is 5. The highest BCUT2D eigenvalue weighted by Crippen LogP contribution is 2.26. The second-order valence-corrected chi connectivity index (χ2v) is 10.3. The maximum Gasteiger partial charge on any atom is 0.0426 e. The fraction of sp³-hybridized carbons (Fsp3) is 0.700. The lowest BCUT2D eigenvalue weighted by Crippen LogP contribution is -2.57. The molecule has 0 saturated carbocycles. The Labute approximate surface area is 171 Å². The van der Waals surface area contributed by atoms with E-state index in [4.69, 9.17) is 11.6 Å². The van der Waals surface area contributed by atoms with Crippen molar-refractivity contribution in [1.82, 2.24) is 9.80 Å². The van der Waals surface area contributed by atoms with Gasteiger partial charge in [-0.25, -0.2) is 0 Å². The summed E-state index contributed by atoms with van der Waals surface area (Å²) in [5, 5.41) is 0.840. The maximum absolute atomic E-state index is 6.17. The minimum absolute atomic E-state index is 0.753. The van der Waals surface area contributed by atoms with Gasteiger partial charge >= 0.3 is 0 Å². The van der Waals surface area contributed by atoms with E-state index >= 15 is 0 Å². The molecule has 3 aliphatic rings. The molecule has 0 unspecified atom stereocenters. The Balaban J connectivity index is 1.31. The second kappa shape index (κ2) is 9.42. The predicted molar refractivity (Wildman–Crippen MR) is 118 cm³/mol. The zero-order chi connectivity index (χ0) is 17.8. The van der Waals surface area contributed by atoms with Crippen LogP contribution in [0.3, 0.4) is 0 Å². The molecule has 6 heteroatoms. The van der Waals surface area contributed by atoms with Gasteiger partial charge in [0.1, 0.15) is 0 Å². The molecular weight excluding hydrogens is 382 g/mol. The molecule has 3 saturated heterocycles. The summed E-state index contributed by atoms with van der Waals surface area (Å²) in [4.78, 5) is 8.05. The van der Waals surface area contributed by atoms with Gasteiger partial charge in [0.15, 0.2) is 0 Å². The van der Waals surface area contributed by atoms with Crippen LogP contribution in [0.1, 0.15) is 12.8 Å². The molecule has 1 aromatic carbocycles. The average Bonchev–Trinajstić information content (AvgIpc) is 2.98. The van der Waals surface area contributed by atoms with Gasteiger partial charge in [0.2, 0.25) is 0 Å². The monoisotopic (exact) mass is 411 g/mol. The van der Waals surface area contributed by atoms with E-state index in [1.54, 1.807) is 0 Å². The molecule has 3 aliphatic heterocycles. The minimum atomic E-state index is 0.753. The first kappa shape index (κ1) is 19.3. The Morgan fingerprint density at radius 3 is 2.38 bits per heavy atom. The van der Waals surface area contributed by atoms with Crippen molar-refractivity contribution in [2.45, 2.75) is 24.9 Å². The normalized spacial score (nSPS) is 27.4. The number of anilines is 1. The van der Waals surface area contributed by atoms with Crippen molar-refractivity contribution in [3.8, 4) is 0 Å². The first-order chi connectivity index (χ1) is 12.8. The van der Waals surface area contributed by atoms with Crippen LogP contribution in [0.15, 0.2) is 24.3 Å². The molecule has 0 spiro atoms. The SMILES string of the molecule is Clc1cccc(N2CCN([C@H]3CCCN(C4CSCCSC4)C3)CC2)c1. The first-order valence-electron chi connectivity index (χ1n) is 9.94. The zero-order valence-corrected chi connectivity index (χ0v) is 17.9. The molecule has 0 N–H and O–H groups in total. The number of hydrogen-bond donors (Lipinski definition) is 0. The summed E-state index contributed by atoms with van der Waals surface area (Å²) in [5.41, 5.74) is 1.27. The van der Waals surface area contributed by atoms with Crippen molar-refractivity contribution in [2.75, 3.05) is 67.2 Å². The van der Waals surface area contributed by atoms with Crippen LogP contribution >= 0.6 is 35.1 Å². The third kappa shape index (κ3) is 4.85. The van der Waals surface area contributed by atoms with E-state index in [0.717, 1.165) is 30.2 Å². The smallest absolute Gasteiger partial charge is 0.0426 e. The number of halogens is 1. The number of benzene rings is 1. The van der Waals surface area contributed by atoms with Gasteiger partial charge in [-0.2, -0.15) is 23.5 Å². The lowest BCUT2D eigenvalue weighted by molar-refractivity contribution is 0.0783. The molecule has 0 aromatic heterocycles. The number of rotatable bonds is 3. The van der Waals surface area contributed by atoms with Gasteiger partial charge in [-0.1, -0.05) is 17.7 Å². The largest absolute Gasteiger partial charge is 0.369 e. The van der Waals surface area contributed by atoms with Crippen LogP contribution in [0, 0.1) is 0 Å². The molecule has 0 radical (unpaired) electrons. The second-order valence-electron chi connectivity index (χ2n) is 7.60. The van der Waals surface area contributed by atoms with Crippen LogP contribution in [-0.4, -0.2) is 84.2 Å². The third-order valence-electron chi connectivity index (χ3n) is 5.94. The van der Waals surface area contributed by atoms with Gasteiger partial charge < -0.3 is 4.90 Å². The number of piperidine rings is 1. The van der Waals surface area contributed by atoms with E-state index in [0.29, 0.717) is 0 Å². The highest BCUT2D eigenvalue weighted by Gasteiger charge is 2.31. The van der Waals surface area contributed by atoms with E-state index in [2.05, 4.69) is 56.4 Å². The quantitative estimate of drug-likeness (QED) is 0.746. The lowest BCUT2D eigenvalue weighted by Gasteiger charge is -2.45. The van der Waals surface area contributed by atoms with Crippen molar-refractivity contribution in [1.29, 1.82) is 0 Å². The van der Waals surface area contributed by atoms with Crippen molar-refractivity contribution in [2.24, 2.45) is 0 Å². The predicted octanol–water partition coefficient (Wildman–Crippen LogP) is 3.78. The van der Waals surface area contributed by atoms with Gasteiger partial charge in [0.25, 0.3) is 0 Å². The zero-order valence-electron chi connectivity index (χ0n) is 15.5. The van der Waals surface area contributed by atoms with E-state index < -0.39 is 0 Å². The highest BCUT2D eigenvalue weighted by atomic mass is 35.5. The van der Waals surface area contributed by atoms with Crippen molar-refractivity contribution >= 4 is 40.8 Å². The Morgan fingerprint density at radius 2 is 1.65 bits per heavy atom. The molecule has 3 heterocycles. The fourth-order valence-corrected chi connectivity index (χ4v) is 7.26. The summed E-state index contributed by atoms with van der Waals surface area (Å²) in [5.74, 6) is 5.35. The minimum Gasteiger partial charge on any atom is -0.369 e. The summed E-state index contributed by atoms with van der Waals surface area (Å²) in [6.07, 6.45) is 2.74. The van der Waals surface area contributed by atoms with Crippen molar-refractivity contribution < 1.29 is 0 Å². The molecule has 1 atom stereocenters. The molecule has 144 valence electrons. The average molecular weight is 412 g/mol. The van der Waals surface area contributed by atoms with E-state index in [9.17, 15) is 0 Å². The van der Waals surface area contributed by atoms with Gasteiger partial charge in [0.05, 0.1) is 0 Å². The summed E-state index contributed by atoms with van der Waals surface area (Å²) in [6.45, 7) is 7.18. The molecule has 3 fully saturated rings. The van der Waals surface area contributed by atoms with E-state index in [-0.39, 0.29) is 0 Å². The number of thioether (sulfide) groups is 2. The Kier molecular flexibility index (Phi) is 6.98. The molecule has 4 rings (SSSR count). The summed E-state index contributed by atoms with van der Waals surface area (Å²) in [6, 6.07) is 9.85. The molecule has 1 aromatic rings. The maximum atomic E-state index is 6.17. The summed E-state index contributed by atoms with van der Waals surface area (Å²) >= 11 is 10.5. The topological polar surface area (TPSA) is 9.72 Å². The van der Waals surface area contributed by atoms with Gasteiger partial charge in [0, 0.05) is 78.5 Å². The lowest BCUT2D eigenvalue weighted by atomic mass is 10.0. The van der Waals surface area contributed by atoms with Crippen LogP contribution < -0.4 is 4.90 Å². The molecule has 0 aliphatic carbocycles. The third-order valence-corrected chi connectivity index (χ3v) is 8.66. The summed E-state index contributed by atoms with van der Waals surface area (Å²) in [7, 11) is 0. The molecule has 0 amide bonds. The Bertz CT molecular complexity index is 572. The first-order valence-corrected chi connectivity index (χ1v) is 12.6. The van der Waals surface area contributed by atoms with Gasteiger partial charge in [-0.15, -0.1) is 0 Å². The van der Waals surface area contributed by atoms with E-state index in [1.165, 1.54) is 67.7 Å². The molecular formula is C20H30ClN3S2. The van der Waals surface area contributed by atoms with Crippen LogP contribution in [0.4, 0.5) is 5.69 Å². The standard InChI is InChI=1S/C20H30ClN3S2/c21-17-3-1-4-18(13-17)22-7-9-23(10-8-22)19-5-2-6-24(14-19)20-15-25-11-12-26-16-20/h1,3-4,13,19-20H,2,5-12,14-16H2/t19-/m0/s1. The Hall–Kier alpha value is -0.0700. The Morgan fingerprint density at radius 1 is 0.885 bits per heavy atom.